The Kier molecular flexibility index (Phi) is 6.31. The van der Waals surface area contributed by atoms with Gasteiger partial charge in [-0.1, -0.05) is 43.0 Å². The van der Waals surface area contributed by atoms with E-state index in [1.54, 1.807) is 28.0 Å². The molecule has 0 atom stereocenters. The predicted octanol–water partition coefficient (Wildman–Crippen LogP) is 3.35. The number of benzene rings is 2. The second kappa shape index (κ2) is 9.15. The molecule has 166 valence electrons. The van der Waals surface area contributed by atoms with E-state index in [1.807, 2.05) is 36.4 Å². The van der Waals surface area contributed by atoms with Gasteiger partial charge < -0.3 is 4.90 Å². The fraction of sp³-hybridized carbons (Fsp3) is 0.333. The van der Waals surface area contributed by atoms with Gasteiger partial charge in [0, 0.05) is 31.4 Å². The topological polar surface area (TPSA) is 84.7 Å². The van der Waals surface area contributed by atoms with Crippen molar-refractivity contribution in [3.05, 3.63) is 77.9 Å². The van der Waals surface area contributed by atoms with Crippen molar-refractivity contribution in [1.29, 1.82) is 5.26 Å². The normalized spacial score (nSPS) is 18.6. The second-order valence-electron chi connectivity index (χ2n) is 8.28. The fourth-order valence-electron chi connectivity index (χ4n) is 4.34. The first-order valence-corrected chi connectivity index (χ1v) is 12.2. The number of nitriles is 1. The lowest BCUT2D eigenvalue weighted by Gasteiger charge is -2.43. The Labute approximate surface area is 189 Å². The number of piperidine rings is 1. The summed E-state index contributed by atoms with van der Waals surface area (Å²) in [4.78, 5) is 16.7. The van der Waals surface area contributed by atoms with E-state index >= 15 is 0 Å². The zero-order chi connectivity index (χ0) is 22.7. The van der Waals surface area contributed by atoms with E-state index in [9.17, 15) is 18.5 Å². The van der Waals surface area contributed by atoms with Crippen LogP contribution in [0.15, 0.2) is 66.7 Å². The molecule has 2 fully saturated rings. The number of rotatable bonds is 5. The van der Waals surface area contributed by atoms with Gasteiger partial charge in [-0.25, -0.2) is 17.5 Å². The molecule has 0 aliphatic carbocycles. The predicted molar refractivity (Wildman–Crippen MR) is 123 cm³/mol. The monoisotopic (exact) mass is 450 g/mol. The number of nitrogens with zero attached hydrogens (tertiary/aromatic N) is 4. The molecule has 32 heavy (non-hydrogen) atoms. The van der Waals surface area contributed by atoms with Crippen LogP contribution in [0.3, 0.4) is 0 Å². The molecule has 0 saturated carbocycles. The lowest BCUT2D eigenvalue weighted by atomic mass is 10.0. The Bertz CT molecular complexity index is 1150. The fourth-order valence-corrected chi connectivity index (χ4v) is 5.91. The minimum Gasteiger partial charge on any atom is -0.317 e. The smallest absolute Gasteiger partial charge is 0.317 e. The third-order valence-corrected chi connectivity index (χ3v) is 7.84. The summed E-state index contributed by atoms with van der Waals surface area (Å²) in [5.74, 6) is -0.0129. The van der Waals surface area contributed by atoms with Crippen molar-refractivity contribution < 1.29 is 13.2 Å². The van der Waals surface area contributed by atoms with Crippen molar-refractivity contribution in [2.75, 3.05) is 31.1 Å². The van der Waals surface area contributed by atoms with Gasteiger partial charge in [0.05, 0.1) is 23.9 Å². The standard InChI is InChI=1S/C24H26N4O3S/c1-19-16-27(24(29)28(17-19)23-9-5-8-21(14-23)15-25)22-10-12-26(13-11-22)32(30,31)18-20-6-3-2-4-7-20/h2-9,14,22H,1,10-13,16-18H2. The summed E-state index contributed by atoms with van der Waals surface area (Å²) in [6.45, 7) is 5.76. The van der Waals surface area contributed by atoms with Crippen LogP contribution in [0.5, 0.6) is 0 Å². The van der Waals surface area contributed by atoms with Crippen LogP contribution in [0, 0.1) is 11.3 Å². The summed E-state index contributed by atoms with van der Waals surface area (Å²) < 4.78 is 27.2. The van der Waals surface area contributed by atoms with E-state index in [0.717, 1.165) is 11.1 Å². The molecule has 0 aromatic heterocycles. The Hall–Kier alpha value is -3.15. The van der Waals surface area contributed by atoms with Crippen molar-refractivity contribution in [3.8, 4) is 6.07 Å². The van der Waals surface area contributed by atoms with E-state index in [1.165, 1.54) is 4.31 Å². The molecule has 2 saturated heterocycles. The summed E-state index contributed by atoms with van der Waals surface area (Å²) in [6.07, 6.45) is 1.16. The minimum absolute atomic E-state index is 0.0129. The number of anilines is 1. The van der Waals surface area contributed by atoms with E-state index in [2.05, 4.69) is 12.6 Å². The van der Waals surface area contributed by atoms with Crippen molar-refractivity contribution in [3.63, 3.8) is 0 Å². The maximum absolute atomic E-state index is 13.3. The first-order valence-electron chi connectivity index (χ1n) is 10.6. The van der Waals surface area contributed by atoms with Gasteiger partial charge in [-0.3, -0.25) is 4.90 Å². The SMILES string of the molecule is C=C1CN(c2cccc(C#N)c2)C(=O)N(C2CCN(S(=O)(=O)Cc3ccccc3)CC2)C1. The summed E-state index contributed by atoms with van der Waals surface area (Å²) in [6, 6.07) is 18.1. The van der Waals surface area contributed by atoms with Gasteiger partial charge in [-0.2, -0.15) is 5.26 Å². The number of hydrogen-bond acceptors (Lipinski definition) is 4. The molecule has 2 aliphatic rings. The summed E-state index contributed by atoms with van der Waals surface area (Å²) >= 11 is 0. The van der Waals surface area contributed by atoms with Gasteiger partial charge >= 0.3 is 6.03 Å². The van der Waals surface area contributed by atoms with Gasteiger partial charge in [0.15, 0.2) is 0 Å². The highest BCUT2D eigenvalue weighted by molar-refractivity contribution is 7.88. The lowest BCUT2D eigenvalue weighted by molar-refractivity contribution is 0.151. The van der Waals surface area contributed by atoms with Crippen molar-refractivity contribution >= 4 is 21.7 Å². The van der Waals surface area contributed by atoms with Gasteiger partial charge in [0.2, 0.25) is 10.0 Å². The highest BCUT2D eigenvalue weighted by atomic mass is 32.2. The molecule has 0 bridgehead atoms. The zero-order valence-corrected chi connectivity index (χ0v) is 18.7. The van der Waals surface area contributed by atoms with Crippen molar-refractivity contribution in [2.45, 2.75) is 24.6 Å². The Morgan fingerprint density at radius 3 is 2.44 bits per heavy atom. The van der Waals surface area contributed by atoms with Crippen LogP contribution in [0.2, 0.25) is 0 Å². The summed E-state index contributed by atoms with van der Waals surface area (Å²) in [5.41, 5.74) is 2.84. The molecular formula is C24H26N4O3S. The second-order valence-corrected chi connectivity index (χ2v) is 10.2. The first kappa shape index (κ1) is 22.1. The number of carbonyl (C=O) groups is 1. The molecule has 2 amide bonds. The zero-order valence-electron chi connectivity index (χ0n) is 17.9. The number of hydrogen-bond donors (Lipinski definition) is 0. The summed E-state index contributed by atoms with van der Waals surface area (Å²) in [7, 11) is -3.40. The van der Waals surface area contributed by atoms with Gasteiger partial charge in [-0.05, 0) is 42.2 Å². The molecule has 8 heteroatoms. The van der Waals surface area contributed by atoms with Crippen LogP contribution < -0.4 is 4.90 Å². The average Bonchev–Trinajstić information content (AvgIpc) is 2.81. The molecule has 0 N–H and O–H groups in total. The maximum atomic E-state index is 13.3. The molecule has 2 heterocycles. The minimum atomic E-state index is -3.40. The maximum Gasteiger partial charge on any atom is 0.325 e. The van der Waals surface area contributed by atoms with E-state index in [0.29, 0.717) is 50.3 Å². The van der Waals surface area contributed by atoms with Crippen LogP contribution >= 0.6 is 0 Å². The van der Waals surface area contributed by atoms with Gasteiger partial charge in [0.1, 0.15) is 0 Å². The molecule has 7 nitrogen and oxygen atoms in total. The third kappa shape index (κ3) is 4.69. The molecule has 0 spiro atoms. The Balaban J connectivity index is 1.44. The van der Waals surface area contributed by atoms with Crippen LogP contribution in [0.25, 0.3) is 0 Å². The highest BCUT2D eigenvalue weighted by Gasteiger charge is 2.37. The number of carbonyl (C=O) groups excluding carboxylic acids is 1. The quantitative estimate of drug-likeness (QED) is 0.654. The molecular weight excluding hydrogens is 424 g/mol. The van der Waals surface area contributed by atoms with Crippen LogP contribution in [-0.4, -0.2) is 55.9 Å². The Morgan fingerprint density at radius 1 is 1.03 bits per heavy atom. The van der Waals surface area contributed by atoms with E-state index in [-0.39, 0.29) is 17.8 Å². The number of urea groups is 1. The van der Waals surface area contributed by atoms with Crippen LogP contribution in [0.4, 0.5) is 10.5 Å². The van der Waals surface area contributed by atoms with Crippen molar-refractivity contribution in [2.24, 2.45) is 0 Å². The highest BCUT2D eigenvalue weighted by Crippen LogP contribution is 2.28. The molecule has 4 rings (SSSR count). The first-order chi connectivity index (χ1) is 15.4. The molecule has 0 radical (unpaired) electrons. The molecule has 2 aliphatic heterocycles. The largest absolute Gasteiger partial charge is 0.325 e. The lowest BCUT2D eigenvalue weighted by Crippen LogP contribution is -2.57. The third-order valence-electron chi connectivity index (χ3n) is 5.99. The van der Waals surface area contributed by atoms with Gasteiger partial charge in [0.25, 0.3) is 0 Å². The average molecular weight is 451 g/mol. The van der Waals surface area contributed by atoms with E-state index in [4.69, 9.17) is 0 Å². The Morgan fingerprint density at radius 2 is 1.75 bits per heavy atom. The molecule has 2 aromatic carbocycles. The van der Waals surface area contributed by atoms with E-state index < -0.39 is 10.0 Å². The number of amides is 2. The summed E-state index contributed by atoms with van der Waals surface area (Å²) in [5, 5.41) is 9.18. The molecule has 2 aromatic rings. The van der Waals surface area contributed by atoms with Crippen LogP contribution in [-0.2, 0) is 15.8 Å². The van der Waals surface area contributed by atoms with Gasteiger partial charge in [-0.15, -0.1) is 0 Å². The van der Waals surface area contributed by atoms with Crippen LogP contribution in [0.1, 0.15) is 24.0 Å². The number of sulfonamides is 1. The van der Waals surface area contributed by atoms with Crippen molar-refractivity contribution in [1.82, 2.24) is 9.21 Å². The molecule has 0 unspecified atom stereocenters.